The molecule has 0 spiro atoms. The van der Waals surface area contributed by atoms with Gasteiger partial charge in [-0.05, 0) is 0 Å². The quantitative estimate of drug-likeness (QED) is 0.405. The highest BCUT2D eigenvalue weighted by atomic mass is 16.6. The number of nitrogens with one attached hydrogen (secondary N) is 1. The first kappa shape index (κ1) is 17.1. The van der Waals surface area contributed by atoms with Crippen LogP contribution in [0, 0.1) is 0 Å². The summed E-state index contributed by atoms with van der Waals surface area (Å²) in [5, 5.41) is 28.6. The maximum Gasteiger partial charge on any atom is 0.343 e. The second kappa shape index (κ2) is 6.91. The normalized spacial score (nSPS) is 27.0. The third-order valence-electron chi connectivity index (χ3n) is 3.30. The highest BCUT2D eigenvalue weighted by Gasteiger charge is 2.43. The number of hydrogen-bond acceptors (Lipinski definition) is 9. The van der Waals surface area contributed by atoms with Crippen LogP contribution < -0.4 is 16.0 Å². The van der Waals surface area contributed by atoms with Gasteiger partial charge in [-0.25, -0.2) is 9.59 Å². The number of aliphatic hydroxyl groups is 3. The molecule has 0 aliphatic carbocycles. The predicted molar refractivity (Wildman–Crippen MR) is 71.8 cm³/mol. The molecular formula is C12H16N2O9. The fourth-order valence-electron chi connectivity index (χ4n) is 2.06. The van der Waals surface area contributed by atoms with Crippen molar-refractivity contribution in [1.82, 2.24) is 9.55 Å². The number of aromatic nitrogens is 2. The average Bonchev–Trinajstić information content (AvgIpc) is 2.81. The molecule has 0 amide bonds. The van der Waals surface area contributed by atoms with E-state index in [0.29, 0.717) is 0 Å². The molecule has 4 atom stereocenters. The second-order valence-electron chi connectivity index (χ2n) is 4.75. The summed E-state index contributed by atoms with van der Waals surface area (Å²) in [6, 6.07) is 0. The van der Waals surface area contributed by atoms with Crippen LogP contribution in [0.5, 0.6) is 5.75 Å². The molecule has 1 aromatic heterocycles. The lowest BCUT2D eigenvalue weighted by atomic mass is 10.1. The zero-order chi connectivity index (χ0) is 17.1. The third-order valence-corrected chi connectivity index (χ3v) is 3.30. The third kappa shape index (κ3) is 3.42. The lowest BCUT2D eigenvalue weighted by Crippen LogP contribution is -2.38. The van der Waals surface area contributed by atoms with Crippen molar-refractivity contribution in [2.24, 2.45) is 0 Å². The number of aromatic amines is 1. The Labute approximate surface area is 128 Å². The zero-order valence-corrected chi connectivity index (χ0v) is 12.0. The molecule has 1 fully saturated rings. The van der Waals surface area contributed by atoms with E-state index in [9.17, 15) is 24.6 Å². The zero-order valence-electron chi connectivity index (χ0n) is 12.0. The van der Waals surface area contributed by atoms with Gasteiger partial charge in [0.1, 0.15) is 18.3 Å². The van der Waals surface area contributed by atoms with Crippen LogP contribution in [0.2, 0.25) is 0 Å². The van der Waals surface area contributed by atoms with E-state index in [-0.39, 0.29) is 5.75 Å². The van der Waals surface area contributed by atoms with Gasteiger partial charge < -0.3 is 29.5 Å². The molecular weight excluding hydrogens is 316 g/mol. The molecule has 1 aliphatic heterocycles. The van der Waals surface area contributed by atoms with Gasteiger partial charge in [-0.1, -0.05) is 0 Å². The van der Waals surface area contributed by atoms with Crippen LogP contribution in [0.4, 0.5) is 0 Å². The average molecular weight is 332 g/mol. The van der Waals surface area contributed by atoms with Crippen LogP contribution in [0.15, 0.2) is 15.8 Å². The minimum Gasteiger partial charge on any atom is -0.475 e. The Morgan fingerprint density at radius 1 is 1.39 bits per heavy atom. The lowest BCUT2D eigenvalue weighted by Gasteiger charge is -2.17. The highest BCUT2D eigenvalue weighted by Crippen LogP contribution is 2.28. The first-order valence-electron chi connectivity index (χ1n) is 6.56. The molecule has 11 nitrogen and oxygen atoms in total. The SMILES string of the molecule is COC(=O)COc1cn([C@@H]2O[C@H](CO)C(O)C2O)c(=O)[nH]c1=O. The van der Waals surface area contributed by atoms with E-state index in [1.165, 1.54) is 0 Å². The standard InChI is InChI=1S/C12H16N2O9/c1-21-7(16)4-22-5-2-14(12(20)13-10(5)19)11-9(18)8(17)6(3-15)23-11/h2,6,8-9,11,15,17-18H,3-4H2,1H3,(H,13,19,20)/t6-,8?,9?,11-/m1/s1. The van der Waals surface area contributed by atoms with Gasteiger partial charge in [-0.2, -0.15) is 0 Å². The van der Waals surface area contributed by atoms with Gasteiger partial charge in [0.05, 0.1) is 19.9 Å². The number of hydrogen-bond donors (Lipinski definition) is 4. The molecule has 0 radical (unpaired) electrons. The molecule has 128 valence electrons. The Morgan fingerprint density at radius 2 is 2.09 bits per heavy atom. The van der Waals surface area contributed by atoms with Crippen molar-refractivity contribution in [3.05, 3.63) is 27.0 Å². The summed E-state index contributed by atoms with van der Waals surface area (Å²) >= 11 is 0. The molecule has 11 heteroatoms. The van der Waals surface area contributed by atoms with Crippen LogP contribution in [0.25, 0.3) is 0 Å². The van der Waals surface area contributed by atoms with E-state index >= 15 is 0 Å². The van der Waals surface area contributed by atoms with Crippen molar-refractivity contribution in [2.75, 3.05) is 20.3 Å². The van der Waals surface area contributed by atoms with Gasteiger partial charge in [0.15, 0.2) is 12.8 Å². The molecule has 23 heavy (non-hydrogen) atoms. The summed E-state index contributed by atoms with van der Waals surface area (Å²) in [6.07, 6.45) is -4.42. The van der Waals surface area contributed by atoms with E-state index in [1.54, 1.807) is 0 Å². The minimum atomic E-state index is -1.51. The number of rotatable bonds is 5. The summed E-state index contributed by atoms with van der Waals surface area (Å²) in [5.41, 5.74) is -1.81. The van der Waals surface area contributed by atoms with E-state index < -0.39 is 55.0 Å². The van der Waals surface area contributed by atoms with Gasteiger partial charge in [0.2, 0.25) is 5.75 Å². The molecule has 1 aliphatic rings. The second-order valence-corrected chi connectivity index (χ2v) is 4.75. The largest absolute Gasteiger partial charge is 0.475 e. The molecule has 1 aromatic rings. The molecule has 0 aromatic carbocycles. The van der Waals surface area contributed by atoms with E-state index in [2.05, 4.69) is 4.74 Å². The van der Waals surface area contributed by atoms with Crippen molar-refractivity contribution < 1.29 is 34.3 Å². The first-order chi connectivity index (χ1) is 10.9. The lowest BCUT2D eigenvalue weighted by molar-refractivity contribution is -0.142. The molecule has 4 N–H and O–H groups in total. The summed E-state index contributed by atoms with van der Waals surface area (Å²) in [4.78, 5) is 36.4. The van der Waals surface area contributed by atoms with Crippen LogP contribution in [0.3, 0.4) is 0 Å². The summed E-state index contributed by atoms with van der Waals surface area (Å²) in [6.45, 7) is -1.13. The van der Waals surface area contributed by atoms with Crippen molar-refractivity contribution in [1.29, 1.82) is 0 Å². The fourth-order valence-corrected chi connectivity index (χ4v) is 2.06. The number of H-pyrrole nitrogens is 1. The monoisotopic (exact) mass is 332 g/mol. The predicted octanol–water partition coefficient (Wildman–Crippen LogP) is -3.30. The minimum absolute atomic E-state index is 0.382. The van der Waals surface area contributed by atoms with Gasteiger partial charge in [-0.15, -0.1) is 0 Å². The Hall–Kier alpha value is -2.21. The molecule has 0 bridgehead atoms. The number of aliphatic hydroxyl groups excluding tert-OH is 3. The molecule has 1 saturated heterocycles. The number of ether oxygens (including phenoxy) is 3. The number of carbonyl (C=O) groups excluding carboxylic acids is 1. The van der Waals surface area contributed by atoms with Crippen LogP contribution in [0.1, 0.15) is 6.23 Å². The molecule has 0 saturated carbocycles. The Bertz CT molecular complexity index is 682. The number of carbonyl (C=O) groups is 1. The summed E-state index contributed by atoms with van der Waals surface area (Å²) in [5.74, 6) is -1.12. The first-order valence-corrected chi connectivity index (χ1v) is 6.56. The Kier molecular flexibility index (Phi) is 5.15. The van der Waals surface area contributed by atoms with Crippen LogP contribution in [-0.2, 0) is 14.3 Å². The molecule has 2 rings (SSSR count). The van der Waals surface area contributed by atoms with Gasteiger partial charge in [0.25, 0.3) is 5.56 Å². The van der Waals surface area contributed by atoms with Crippen molar-refractivity contribution in [3.63, 3.8) is 0 Å². The van der Waals surface area contributed by atoms with Crippen LogP contribution >= 0.6 is 0 Å². The van der Waals surface area contributed by atoms with Crippen molar-refractivity contribution in [2.45, 2.75) is 24.5 Å². The van der Waals surface area contributed by atoms with Crippen molar-refractivity contribution in [3.8, 4) is 5.75 Å². The summed E-state index contributed by atoms with van der Waals surface area (Å²) < 4.78 is 15.3. The van der Waals surface area contributed by atoms with E-state index in [4.69, 9.17) is 14.6 Å². The van der Waals surface area contributed by atoms with Gasteiger partial charge >= 0.3 is 11.7 Å². The van der Waals surface area contributed by atoms with E-state index in [1.807, 2.05) is 4.98 Å². The Morgan fingerprint density at radius 3 is 2.65 bits per heavy atom. The van der Waals surface area contributed by atoms with Crippen molar-refractivity contribution >= 4 is 5.97 Å². The number of nitrogens with zero attached hydrogens (tertiary/aromatic N) is 1. The van der Waals surface area contributed by atoms with Crippen LogP contribution in [-0.4, -0.2) is 69.5 Å². The maximum atomic E-state index is 11.8. The smallest absolute Gasteiger partial charge is 0.343 e. The summed E-state index contributed by atoms with van der Waals surface area (Å²) in [7, 11) is 1.13. The Balaban J connectivity index is 2.31. The number of esters is 1. The molecule has 2 heterocycles. The maximum absolute atomic E-state index is 11.8. The van der Waals surface area contributed by atoms with Gasteiger partial charge in [0, 0.05) is 0 Å². The van der Waals surface area contributed by atoms with Gasteiger partial charge in [-0.3, -0.25) is 14.3 Å². The fraction of sp³-hybridized carbons (Fsp3) is 0.583. The number of methoxy groups -OCH3 is 1. The van der Waals surface area contributed by atoms with E-state index in [0.717, 1.165) is 17.9 Å². The highest BCUT2D eigenvalue weighted by molar-refractivity contribution is 5.70. The topological polar surface area (TPSA) is 160 Å². The molecule has 2 unspecified atom stereocenters.